The Morgan fingerprint density at radius 3 is 2.43 bits per heavy atom. The van der Waals surface area contributed by atoms with Crippen molar-refractivity contribution in [3.05, 3.63) is 35.9 Å². The Morgan fingerprint density at radius 2 is 1.80 bits per heavy atom. The molecule has 6 rings (SSSR count). The van der Waals surface area contributed by atoms with Crippen LogP contribution in [-0.4, -0.2) is 42.6 Å². The normalized spacial score (nSPS) is 32.4. The summed E-state index contributed by atoms with van der Waals surface area (Å²) in [7, 11) is -0.469. The van der Waals surface area contributed by atoms with Gasteiger partial charge in [0.15, 0.2) is 0 Å². The van der Waals surface area contributed by atoms with Crippen LogP contribution in [0.2, 0.25) is 0 Å². The lowest BCUT2D eigenvalue weighted by atomic mass is 9.43. The topological polar surface area (TPSA) is 76.7 Å². The molecule has 1 heterocycles. The molecule has 0 spiro atoms. The minimum absolute atomic E-state index is 0.0182. The zero-order chi connectivity index (χ0) is 25.0. The summed E-state index contributed by atoms with van der Waals surface area (Å²) in [6.45, 7) is 11.2. The highest BCUT2D eigenvalue weighted by Crippen LogP contribution is 2.65. The van der Waals surface area contributed by atoms with Gasteiger partial charge in [0.2, 0.25) is 11.8 Å². The third kappa shape index (κ3) is 4.78. The molecule has 6 atom stereocenters. The SMILES string of the molecule is CC(C)C[C@H](NC(=O)[C@H](Cc1ccccc1)NC(=O)C1CC1)B1O[C@@H]2C[C@@H]3C[C@@H](C3(C)C)[C@]2(C)O1. The van der Waals surface area contributed by atoms with E-state index in [0.717, 1.165) is 31.2 Å². The summed E-state index contributed by atoms with van der Waals surface area (Å²) in [5, 5.41) is 6.27. The van der Waals surface area contributed by atoms with Gasteiger partial charge in [-0.05, 0) is 67.8 Å². The molecular weight excluding hydrogens is 439 g/mol. The quantitative estimate of drug-likeness (QED) is 0.526. The number of rotatable bonds is 9. The van der Waals surface area contributed by atoms with Gasteiger partial charge in [0.25, 0.3) is 0 Å². The molecule has 35 heavy (non-hydrogen) atoms. The van der Waals surface area contributed by atoms with Crippen LogP contribution in [0.5, 0.6) is 0 Å². The Hall–Kier alpha value is -1.86. The molecular formula is C28H41BN2O4. The van der Waals surface area contributed by atoms with Gasteiger partial charge in [-0.3, -0.25) is 9.59 Å². The van der Waals surface area contributed by atoms with Gasteiger partial charge in [-0.15, -0.1) is 0 Å². The predicted molar refractivity (Wildman–Crippen MR) is 136 cm³/mol. The van der Waals surface area contributed by atoms with Gasteiger partial charge in [-0.25, -0.2) is 0 Å². The average Bonchev–Trinajstić information content (AvgIpc) is 3.59. The van der Waals surface area contributed by atoms with Crippen molar-refractivity contribution >= 4 is 18.9 Å². The van der Waals surface area contributed by atoms with Crippen LogP contribution in [0.15, 0.2) is 30.3 Å². The second-order valence-corrected chi connectivity index (χ2v) is 12.6. The summed E-state index contributed by atoms with van der Waals surface area (Å²) in [6, 6.07) is 9.26. The number of hydrogen-bond donors (Lipinski definition) is 2. The lowest BCUT2D eigenvalue weighted by Gasteiger charge is -2.64. The molecule has 4 saturated carbocycles. The molecule has 1 aromatic carbocycles. The first kappa shape index (κ1) is 24.8. The van der Waals surface area contributed by atoms with Crippen molar-refractivity contribution in [3.8, 4) is 0 Å². The van der Waals surface area contributed by atoms with E-state index in [2.05, 4.69) is 45.3 Å². The highest BCUT2D eigenvalue weighted by molar-refractivity contribution is 6.48. The summed E-state index contributed by atoms with van der Waals surface area (Å²) < 4.78 is 13.2. The fourth-order valence-electron chi connectivity index (χ4n) is 6.79. The third-order valence-electron chi connectivity index (χ3n) is 9.21. The van der Waals surface area contributed by atoms with E-state index in [1.165, 1.54) is 6.42 Å². The summed E-state index contributed by atoms with van der Waals surface area (Å²) in [5.74, 6) is 1.12. The lowest BCUT2D eigenvalue weighted by molar-refractivity contribution is -0.199. The fraction of sp³-hybridized carbons (Fsp3) is 0.714. The minimum atomic E-state index is -0.619. The Labute approximate surface area is 210 Å². The van der Waals surface area contributed by atoms with Gasteiger partial charge in [0.1, 0.15) is 6.04 Å². The number of carbonyl (C=O) groups is 2. The van der Waals surface area contributed by atoms with E-state index in [1.54, 1.807) is 0 Å². The van der Waals surface area contributed by atoms with Gasteiger partial charge in [0, 0.05) is 12.3 Å². The number of nitrogens with one attached hydrogen (secondary N) is 2. The summed E-state index contributed by atoms with van der Waals surface area (Å²) >= 11 is 0. The predicted octanol–water partition coefficient (Wildman–Crippen LogP) is 3.92. The van der Waals surface area contributed by atoms with Crippen LogP contribution >= 0.6 is 0 Å². The minimum Gasteiger partial charge on any atom is -0.404 e. The van der Waals surface area contributed by atoms with Crippen LogP contribution in [0.1, 0.15) is 72.3 Å². The van der Waals surface area contributed by atoms with Crippen LogP contribution in [0.25, 0.3) is 0 Å². The third-order valence-corrected chi connectivity index (χ3v) is 9.21. The molecule has 7 heteroatoms. The van der Waals surface area contributed by atoms with Gasteiger partial charge in [-0.1, -0.05) is 58.0 Å². The van der Waals surface area contributed by atoms with Crippen LogP contribution in [-0.2, 0) is 25.3 Å². The maximum absolute atomic E-state index is 13.6. The number of carbonyl (C=O) groups excluding carboxylic acids is 2. The lowest BCUT2D eigenvalue weighted by Crippen LogP contribution is -2.65. The maximum Gasteiger partial charge on any atom is 0.481 e. The first-order valence-electron chi connectivity index (χ1n) is 13.6. The first-order valence-corrected chi connectivity index (χ1v) is 13.6. The van der Waals surface area contributed by atoms with E-state index in [4.69, 9.17) is 9.31 Å². The zero-order valence-corrected chi connectivity index (χ0v) is 21.9. The zero-order valence-electron chi connectivity index (χ0n) is 21.9. The van der Waals surface area contributed by atoms with E-state index in [0.29, 0.717) is 24.2 Å². The van der Waals surface area contributed by atoms with E-state index >= 15 is 0 Å². The largest absolute Gasteiger partial charge is 0.481 e. The highest BCUT2D eigenvalue weighted by atomic mass is 16.7. The molecule has 2 amide bonds. The van der Waals surface area contributed by atoms with Gasteiger partial charge < -0.3 is 19.9 Å². The second-order valence-electron chi connectivity index (χ2n) is 12.6. The molecule has 5 aliphatic rings. The van der Waals surface area contributed by atoms with Crippen LogP contribution in [0.4, 0.5) is 0 Å². The Balaban J connectivity index is 1.31. The van der Waals surface area contributed by atoms with E-state index < -0.39 is 13.2 Å². The second kappa shape index (κ2) is 9.22. The summed E-state index contributed by atoms with van der Waals surface area (Å²) in [6.07, 6.45) is 5.32. The number of hydrogen-bond acceptors (Lipinski definition) is 4. The Morgan fingerprint density at radius 1 is 1.09 bits per heavy atom. The highest BCUT2D eigenvalue weighted by Gasteiger charge is 2.68. The molecule has 1 saturated heterocycles. The summed E-state index contributed by atoms with van der Waals surface area (Å²) in [4.78, 5) is 26.2. The van der Waals surface area contributed by atoms with Crippen molar-refractivity contribution in [2.24, 2.45) is 29.1 Å². The van der Waals surface area contributed by atoms with Crippen molar-refractivity contribution in [3.63, 3.8) is 0 Å². The Kier molecular flexibility index (Phi) is 6.54. The van der Waals surface area contributed by atoms with Crippen LogP contribution in [0, 0.1) is 29.1 Å². The van der Waals surface area contributed by atoms with E-state index in [9.17, 15) is 9.59 Å². The Bertz CT molecular complexity index is 950. The van der Waals surface area contributed by atoms with E-state index in [-0.39, 0.29) is 40.8 Å². The molecule has 5 fully saturated rings. The number of benzene rings is 1. The van der Waals surface area contributed by atoms with Crippen molar-refractivity contribution < 1.29 is 18.9 Å². The molecule has 0 unspecified atom stereocenters. The maximum atomic E-state index is 13.6. The molecule has 4 aliphatic carbocycles. The van der Waals surface area contributed by atoms with E-state index in [1.807, 2.05) is 30.3 Å². The molecule has 0 aromatic heterocycles. The molecule has 2 N–H and O–H groups in total. The van der Waals surface area contributed by atoms with Gasteiger partial charge >= 0.3 is 7.12 Å². The molecule has 1 aromatic rings. The van der Waals surface area contributed by atoms with Gasteiger partial charge in [-0.2, -0.15) is 0 Å². The molecule has 6 nitrogen and oxygen atoms in total. The summed E-state index contributed by atoms with van der Waals surface area (Å²) in [5.41, 5.74) is 0.985. The molecule has 1 aliphatic heterocycles. The van der Waals surface area contributed by atoms with Crippen molar-refractivity contribution in [2.75, 3.05) is 0 Å². The molecule has 190 valence electrons. The van der Waals surface area contributed by atoms with Gasteiger partial charge in [0.05, 0.1) is 17.6 Å². The van der Waals surface area contributed by atoms with Crippen molar-refractivity contribution in [2.45, 2.75) is 96.8 Å². The number of amides is 2. The molecule has 0 radical (unpaired) electrons. The van der Waals surface area contributed by atoms with Crippen molar-refractivity contribution in [1.29, 1.82) is 0 Å². The first-order chi connectivity index (χ1) is 16.6. The van der Waals surface area contributed by atoms with Crippen LogP contribution in [0.3, 0.4) is 0 Å². The fourth-order valence-corrected chi connectivity index (χ4v) is 6.79. The smallest absolute Gasteiger partial charge is 0.404 e. The standard InChI is InChI=1S/C28H41BN2O4/c1-17(2)13-24(29-34-23-16-20-15-22(27(20,3)4)28(23,5)35-29)31-26(33)21(30-25(32)19-11-12-19)14-18-9-7-6-8-10-18/h6-10,17,19-24H,11-16H2,1-5H3,(H,30,32)(H,31,33)/t20-,21-,22-,23+,24-,28-/m0/s1. The van der Waals surface area contributed by atoms with Crippen LogP contribution < -0.4 is 10.6 Å². The molecule has 2 bridgehead atoms. The monoisotopic (exact) mass is 480 g/mol. The van der Waals surface area contributed by atoms with Crippen molar-refractivity contribution in [1.82, 2.24) is 10.6 Å². The average molecular weight is 480 g/mol.